The van der Waals surface area contributed by atoms with E-state index in [1.165, 1.54) is 12.1 Å². The molecule has 1 fully saturated rings. The number of carbonyl (C=O) groups excluding carboxylic acids is 1. The van der Waals surface area contributed by atoms with E-state index >= 15 is 0 Å². The van der Waals surface area contributed by atoms with E-state index in [1.54, 1.807) is 19.2 Å². The van der Waals surface area contributed by atoms with Gasteiger partial charge in [0.15, 0.2) is 5.58 Å². The third kappa shape index (κ3) is 4.16. The number of rotatable bonds is 5. The van der Waals surface area contributed by atoms with Crippen molar-refractivity contribution in [3.05, 3.63) is 77.6 Å². The van der Waals surface area contributed by atoms with Crippen LogP contribution in [0.4, 0.5) is 16.1 Å². The van der Waals surface area contributed by atoms with E-state index in [0.717, 1.165) is 53.7 Å². The fourth-order valence-electron chi connectivity index (χ4n) is 5.42. The van der Waals surface area contributed by atoms with Gasteiger partial charge in [0.2, 0.25) is 0 Å². The van der Waals surface area contributed by atoms with Crippen LogP contribution in [0.15, 0.2) is 69.5 Å². The van der Waals surface area contributed by atoms with Crippen LogP contribution < -0.4 is 15.1 Å². The first-order valence-electron chi connectivity index (χ1n) is 12.8. The van der Waals surface area contributed by atoms with Crippen molar-refractivity contribution < 1.29 is 18.0 Å². The Bertz CT molecular complexity index is 1600. The standard InChI is InChI=1S/C30H29FN4O3/c1-32-29(36)27-22-15-21(19-7-6-14-35(17-19)30-33-23-8-4-5-9-25(23)38-30)24(34(2)3)16-26(22)37-28(27)18-10-12-20(31)13-11-18/h4-5,8-13,15-16,19H,6-7,14,17H2,1-3H3,(H,32,36)/t19-/m1/s1. The molecule has 38 heavy (non-hydrogen) atoms. The summed E-state index contributed by atoms with van der Waals surface area (Å²) in [5.41, 5.74) is 5.51. The van der Waals surface area contributed by atoms with E-state index in [1.807, 2.05) is 44.4 Å². The number of carbonyl (C=O) groups is 1. The number of aromatic nitrogens is 1. The van der Waals surface area contributed by atoms with Crippen molar-refractivity contribution >= 4 is 39.7 Å². The average Bonchev–Trinajstić information content (AvgIpc) is 3.54. The summed E-state index contributed by atoms with van der Waals surface area (Å²) in [5, 5.41) is 3.49. The van der Waals surface area contributed by atoms with Crippen LogP contribution in [0.2, 0.25) is 0 Å². The number of nitrogens with zero attached hydrogens (tertiary/aromatic N) is 3. The molecular weight excluding hydrogens is 483 g/mol. The van der Waals surface area contributed by atoms with Crippen LogP contribution in [-0.2, 0) is 0 Å². The van der Waals surface area contributed by atoms with Crippen molar-refractivity contribution in [3.63, 3.8) is 0 Å². The number of nitrogens with one attached hydrogen (secondary N) is 1. The topological polar surface area (TPSA) is 74.8 Å². The zero-order valence-electron chi connectivity index (χ0n) is 21.6. The SMILES string of the molecule is CNC(=O)c1c(-c2ccc(F)cc2)oc2cc(N(C)C)c([C@@H]3CCCN(c4nc5ccccc5o4)C3)cc12. The van der Waals surface area contributed by atoms with Crippen molar-refractivity contribution in [1.82, 2.24) is 10.3 Å². The maximum absolute atomic E-state index is 13.6. The molecule has 0 radical (unpaired) electrons. The zero-order chi connectivity index (χ0) is 26.4. The Hall–Kier alpha value is -4.33. The predicted molar refractivity (Wildman–Crippen MR) is 148 cm³/mol. The molecule has 5 aromatic rings. The Morgan fingerprint density at radius 2 is 1.87 bits per heavy atom. The number of hydrogen-bond donors (Lipinski definition) is 1. The molecule has 2 aromatic heterocycles. The van der Waals surface area contributed by atoms with Crippen LogP contribution in [-0.4, -0.2) is 45.1 Å². The van der Waals surface area contributed by atoms with Crippen LogP contribution in [0.1, 0.15) is 34.7 Å². The third-order valence-electron chi connectivity index (χ3n) is 7.29. The molecule has 0 unspecified atom stereocenters. The summed E-state index contributed by atoms with van der Waals surface area (Å²) in [6, 6.07) is 18.5. The monoisotopic (exact) mass is 512 g/mol. The highest BCUT2D eigenvalue weighted by Gasteiger charge is 2.29. The van der Waals surface area contributed by atoms with Gasteiger partial charge in [-0.15, -0.1) is 0 Å². The van der Waals surface area contributed by atoms with Crippen molar-refractivity contribution in [2.75, 3.05) is 44.0 Å². The second kappa shape index (κ2) is 9.52. The molecule has 1 aliphatic rings. The Balaban J connectivity index is 1.45. The maximum Gasteiger partial charge on any atom is 0.298 e. The number of halogens is 1. The molecule has 1 atom stereocenters. The average molecular weight is 513 g/mol. The predicted octanol–water partition coefficient (Wildman–Crippen LogP) is 6.19. The molecule has 0 aliphatic carbocycles. The van der Waals surface area contributed by atoms with Gasteiger partial charge in [-0.3, -0.25) is 4.79 Å². The number of oxazole rings is 1. The van der Waals surface area contributed by atoms with Gasteiger partial charge in [-0.05, 0) is 60.9 Å². The summed E-state index contributed by atoms with van der Waals surface area (Å²) in [4.78, 5) is 22.1. The van der Waals surface area contributed by atoms with Crippen LogP contribution in [0.5, 0.6) is 0 Å². The molecule has 0 spiro atoms. The highest BCUT2D eigenvalue weighted by atomic mass is 19.1. The Morgan fingerprint density at radius 3 is 2.61 bits per heavy atom. The fourth-order valence-corrected chi connectivity index (χ4v) is 5.42. The van der Waals surface area contributed by atoms with Gasteiger partial charge < -0.3 is 24.0 Å². The normalized spacial score (nSPS) is 15.8. The van der Waals surface area contributed by atoms with Crippen molar-refractivity contribution in [3.8, 4) is 11.3 Å². The molecular formula is C30H29FN4O3. The first kappa shape index (κ1) is 24.0. The number of piperidine rings is 1. The van der Waals surface area contributed by atoms with E-state index in [4.69, 9.17) is 13.8 Å². The summed E-state index contributed by atoms with van der Waals surface area (Å²) in [6.07, 6.45) is 1.99. The van der Waals surface area contributed by atoms with Crippen molar-refractivity contribution in [2.45, 2.75) is 18.8 Å². The maximum atomic E-state index is 13.6. The molecule has 3 heterocycles. The number of furan rings is 1. The lowest BCUT2D eigenvalue weighted by atomic mass is 9.88. The Labute approximate surface area is 219 Å². The van der Waals surface area contributed by atoms with E-state index in [9.17, 15) is 9.18 Å². The summed E-state index contributed by atoms with van der Waals surface area (Å²) < 4.78 is 26.0. The Kier molecular flexibility index (Phi) is 6.02. The second-order valence-electron chi connectivity index (χ2n) is 9.94. The minimum absolute atomic E-state index is 0.197. The van der Waals surface area contributed by atoms with Gasteiger partial charge in [-0.2, -0.15) is 4.98 Å². The lowest BCUT2D eigenvalue weighted by Crippen LogP contribution is -2.35. The molecule has 0 bridgehead atoms. The van der Waals surface area contributed by atoms with Gasteiger partial charge in [0, 0.05) is 62.9 Å². The van der Waals surface area contributed by atoms with Gasteiger partial charge >= 0.3 is 0 Å². The van der Waals surface area contributed by atoms with Gasteiger partial charge in [0.1, 0.15) is 22.7 Å². The molecule has 7 nitrogen and oxygen atoms in total. The molecule has 3 aromatic carbocycles. The first-order chi connectivity index (χ1) is 18.4. The minimum atomic E-state index is -0.343. The fraction of sp³-hybridized carbons (Fsp3) is 0.267. The summed E-state index contributed by atoms with van der Waals surface area (Å²) >= 11 is 0. The lowest BCUT2D eigenvalue weighted by molar-refractivity contribution is 0.0964. The summed E-state index contributed by atoms with van der Waals surface area (Å²) in [5.74, 6) is 0.0351. The molecule has 1 saturated heterocycles. The quantitative estimate of drug-likeness (QED) is 0.303. The van der Waals surface area contributed by atoms with Gasteiger partial charge in [0.05, 0.1) is 5.56 Å². The molecule has 1 N–H and O–H groups in total. The van der Waals surface area contributed by atoms with Gasteiger partial charge in [-0.1, -0.05) is 12.1 Å². The van der Waals surface area contributed by atoms with Gasteiger partial charge in [-0.25, -0.2) is 4.39 Å². The number of anilines is 2. The second-order valence-corrected chi connectivity index (χ2v) is 9.94. The highest BCUT2D eigenvalue weighted by Crippen LogP contribution is 2.41. The smallest absolute Gasteiger partial charge is 0.298 e. The van der Waals surface area contributed by atoms with E-state index in [0.29, 0.717) is 28.5 Å². The molecule has 1 aliphatic heterocycles. The molecule has 0 saturated carbocycles. The largest absolute Gasteiger partial charge is 0.455 e. The lowest BCUT2D eigenvalue weighted by Gasteiger charge is -2.33. The van der Waals surface area contributed by atoms with Crippen LogP contribution >= 0.6 is 0 Å². The minimum Gasteiger partial charge on any atom is -0.455 e. The van der Waals surface area contributed by atoms with Crippen LogP contribution in [0.3, 0.4) is 0 Å². The van der Waals surface area contributed by atoms with Crippen molar-refractivity contribution in [2.24, 2.45) is 0 Å². The highest BCUT2D eigenvalue weighted by molar-refractivity contribution is 6.11. The summed E-state index contributed by atoms with van der Waals surface area (Å²) in [7, 11) is 5.62. The number of benzene rings is 3. The number of hydrogen-bond acceptors (Lipinski definition) is 6. The van der Waals surface area contributed by atoms with Gasteiger partial charge in [0.25, 0.3) is 11.9 Å². The molecule has 8 heteroatoms. The van der Waals surface area contributed by atoms with Crippen molar-refractivity contribution in [1.29, 1.82) is 0 Å². The first-order valence-corrected chi connectivity index (χ1v) is 12.8. The number of fused-ring (bicyclic) bond motifs is 2. The van der Waals surface area contributed by atoms with Crippen LogP contribution in [0, 0.1) is 5.82 Å². The number of para-hydroxylation sites is 2. The molecule has 6 rings (SSSR count). The van der Waals surface area contributed by atoms with E-state index in [2.05, 4.69) is 21.2 Å². The number of amides is 1. The molecule has 194 valence electrons. The summed E-state index contributed by atoms with van der Waals surface area (Å²) in [6.45, 7) is 1.62. The zero-order valence-corrected chi connectivity index (χ0v) is 21.6. The molecule has 1 amide bonds. The Morgan fingerprint density at radius 1 is 1.08 bits per heavy atom. The third-order valence-corrected chi connectivity index (χ3v) is 7.29. The van der Waals surface area contributed by atoms with E-state index < -0.39 is 0 Å². The van der Waals surface area contributed by atoms with Crippen LogP contribution in [0.25, 0.3) is 33.4 Å². The van der Waals surface area contributed by atoms with E-state index in [-0.39, 0.29) is 17.6 Å².